The fourth-order valence-electron chi connectivity index (χ4n) is 2.69. The number of amides is 3. The summed E-state index contributed by atoms with van der Waals surface area (Å²) in [5.74, 6) is -1.99. The van der Waals surface area contributed by atoms with E-state index in [1.54, 1.807) is 0 Å². The van der Waals surface area contributed by atoms with Gasteiger partial charge in [0.05, 0.1) is 19.2 Å². The minimum absolute atomic E-state index is 0.0855. The molecule has 3 rings (SSSR count). The van der Waals surface area contributed by atoms with Crippen LogP contribution in [-0.4, -0.2) is 58.2 Å². The maximum absolute atomic E-state index is 12.4. The Morgan fingerprint density at radius 2 is 2.19 bits per heavy atom. The molecule has 0 spiro atoms. The number of rotatable bonds is 5. The lowest BCUT2D eigenvalue weighted by Gasteiger charge is -2.49. The molecule has 2 aliphatic rings. The lowest BCUT2D eigenvalue weighted by Crippen LogP contribution is -2.71. The van der Waals surface area contributed by atoms with E-state index in [0.717, 1.165) is 16.9 Å². The fraction of sp³-hybridized carbons (Fsp3) is 0.333. The number of fused-ring (bicyclic) bond motifs is 1. The van der Waals surface area contributed by atoms with E-state index in [0.29, 0.717) is 0 Å². The smallest absolute Gasteiger partial charge is 0.411 e. The Balaban J connectivity index is 1.71. The van der Waals surface area contributed by atoms with Crippen LogP contribution in [0.4, 0.5) is 4.79 Å². The first kappa shape index (κ1) is 18.3. The van der Waals surface area contributed by atoms with Crippen LogP contribution >= 0.6 is 23.1 Å². The number of nitrogens with one attached hydrogen (secondary N) is 2. The molecule has 0 bridgehead atoms. The van der Waals surface area contributed by atoms with Gasteiger partial charge in [0.2, 0.25) is 5.91 Å². The van der Waals surface area contributed by atoms with E-state index in [9.17, 15) is 24.3 Å². The average Bonchev–Trinajstić information content (AvgIpc) is 3.11. The van der Waals surface area contributed by atoms with Crippen molar-refractivity contribution in [3.63, 3.8) is 0 Å². The molecule has 0 aliphatic carbocycles. The van der Waals surface area contributed by atoms with Crippen molar-refractivity contribution in [3.8, 4) is 0 Å². The molecule has 138 valence electrons. The first-order valence-electron chi connectivity index (χ1n) is 7.50. The highest BCUT2D eigenvalue weighted by Gasteiger charge is 2.54. The summed E-state index contributed by atoms with van der Waals surface area (Å²) in [5.41, 5.74) is -0.213. The van der Waals surface area contributed by atoms with Crippen LogP contribution in [0.3, 0.4) is 0 Å². The molecule has 0 aromatic carbocycles. The van der Waals surface area contributed by atoms with Crippen LogP contribution in [0, 0.1) is 0 Å². The zero-order chi connectivity index (χ0) is 18.8. The van der Waals surface area contributed by atoms with Gasteiger partial charge in [0, 0.05) is 10.6 Å². The summed E-state index contributed by atoms with van der Waals surface area (Å²) < 4.78 is 4.47. The van der Waals surface area contributed by atoms with E-state index in [4.69, 9.17) is 0 Å². The Morgan fingerprint density at radius 3 is 2.81 bits per heavy atom. The molecule has 0 radical (unpaired) electrons. The second-order valence-corrected chi connectivity index (χ2v) is 7.60. The molecule has 2 aliphatic heterocycles. The molecule has 2 atom stereocenters. The van der Waals surface area contributed by atoms with Gasteiger partial charge in [0.1, 0.15) is 11.4 Å². The molecule has 3 amide bonds. The van der Waals surface area contributed by atoms with Crippen LogP contribution in [0.1, 0.15) is 4.88 Å². The highest BCUT2D eigenvalue weighted by Crippen LogP contribution is 2.39. The number of hydrogen-bond donors (Lipinski definition) is 3. The number of thiophene rings is 1. The molecule has 3 N–H and O–H groups in total. The topological polar surface area (TPSA) is 125 Å². The van der Waals surface area contributed by atoms with Gasteiger partial charge in [0.15, 0.2) is 5.70 Å². The number of carbonyl (C=O) groups excluding carboxylic acids is 3. The monoisotopic (exact) mass is 397 g/mol. The average molecular weight is 397 g/mol. The van der Waals surface area contributed by atoms with Gasteiger partial charge in [-0.05, 0) is 11.4 Å². The molecule has 1 unspecified atom stereocenters. The van der Waals surface area contributed by atoms with E-state index < -0.39 is 29.4 Å². The van der Waals surface area contributed by atoms with Gasteiger partial charge < -0.3 is 15.2 Å². The number of alkyl carbamates (subject to hydrolysis) is 1. The van der Waals surface area contributed by atoms with Crippen molar-refractivity contribution in [2.24, 2.45) is 0 Å². The number of carbonyl (C=O) groups is 4. The van der Waals surface area contributed by atoms with Crippen LogP contribution in [0.5, 0.6) is 0 Å². The third kappa shape index (κ3) is 3.40. The number of thioether (sulfide) groups is 1. The number of β-lactam (4-membered cyclic amide) rings is 1. The highest BCUT2D eigenvalue weighted by atomic mass is 32.2. The Labute approximate surface area is 156 Å². The molecule has 26 heavy (non-hydrogen) atoms. The summed E-state index contributed by atoms with van der Waals surface area (Å²) in [6.45, 7) is 0. The number of nitrogens with zero attached hydrogens (tertiary/aromatic N) is 1. The molecule has 1 fully saturated rings. The summed E-state index contributed by atoms with van der Waals surface area (Å²) in [6, 6.07) is 2.87. The second kappa shape index (κ2) is 7.38. The summed E-state index contributed by atoms with van der Waals surface area (Å²) >= 11 is 2.70. The number of ether oxygens (including phenoxy) is 1. The number of carboxylic acid groups (broad SMARTS) is 1. The first-order chi connectivity index (χ1) is 12.4. The number of methoxy groups -OCH3 is 1. The maximum atomic E-state index is 12.4. The zero-order valence-corrected chi connectivity index (χ0v) is 15.2. The highest BCUT2D eigenvalue weighted by molar-refractivity contribution is 8.00. The molecular weight excluding hydrogens is 382 g/mol. The first-order valence-corrected chi connectivity index (χ1v) is 9.43. The maximum Gasteiger partial charge on any atom is 0.411 e. The van der Waals surface area contributed by atoms with Crippen molar-refractivity contribution >= 4 is 47.0 Å². The van der Waals surface area contributed by atoms with E-state index in [1.165, 1.54) is 23.1 Å². The lowest BCUT2D eigenvalue weighted by atomic mass is 10.0. The molecule has 1 aromatic rings. The Hall–Kier alpha value is -2.53. The van der Waals surface area contributed by atoms with Crippen LogP contribution in [0.15, 0.2) is 28.9 Å². The zero-order valence-electron chi connectivity index (χ0n) is 13.6. The van der Waals surface area contributed by atoms with Gasteiger partial charge >= 0.3 is 12.1 Å². The standard InChI is InChI=1S/C15H15N3O6S2/c1-24-15(23)16-8-6-26-13-10(12(20)18(13)11(8)14(21)22)17-9(19)5-7-3-2-4-25-7/h2-4,10,13H,5-6H2,1H3,(H,16,23)(H,17,19)(H,21,22)/t10?,13-/m1/s1. The lowest BCUT2D eigenvalue weighted by molar-refractivity contribution is -0.150. The third-order valence-electron chi connectivity index (χ3n) is 3.84. The number of hydrogen-bond acceptors (Lipinski definition) is 7. The summed E-state index contributed by atoms with van der Waals surface area (Å²) in [5, 5.41) is 15.8. The van der Waals surface area contributed by atoms with E-state index >= 15 is 0 Å². The quantitative estimate of drug-likeness (QED) is 0.612. The van der Waals surface area contributed by atoms with Gasteiger partial charge in [-0.15, -0.1) is 23.1 Å². The van der Waals surface area contributed by atoms with Crippen molar-refractivity contribution in [2.45, 2.75) is 17.8 Å². The minimum atomic E-state index is -1.33. The Kier molecular flexibility index (Phi) is 5.18. The van der Waals surface area contributed by atoms with E-state index in [2.05, 4.69) is 15.4 Å². The van der Waals surface area contributed by atoms with Crippen LogP contribution < -0.4 is 10.6 Å². The molecule has 9 nitrogen and oxygen atoms in total. The SMILES string of the molecule is COC(=O)NC1=C(C(=O)O)N2C(=O)C(NC(=O)Cc3cccs3)[C@H]2SC1. The Morgan fingerprint density at radius 1 is 1.42 bits per heavy atom. The molecule has 1 aromatic heterocycles. The predicted octanol–water partition coefficient (Wildman–Crippen LogP) is 0.343. The van der Waals surface area contributed by atoms with Crippen molar-refractivity contribution in [2.75, 3.05) is 12.9 Å². The molecule has 11 heteroatoms. The van der Waals surface area contributed by atoms with Gasteiger partial charge in [-0.2, -0.15) is 0 Å². The van der Waals surface area contributed by atoms with Gasteiger partial charge in [-0.1, -0.05) is 6.07 Å². The number of carboxylic acids is 1. The van der Waals surface area contributed by atoms with Gasteiger partial charge in [-0.3, -0.25) is 19.8 Å². The van der Waals surface area contributed by atoms with Crippen molar-refractivity contribution in [1.29, 1.82) is 0 Å². The fourth-order valence-corrected chi connectivity index (χ4v) is 4.67. The molecule has 1 saturated heterocycles. The molecule has 3 heterocycles. The third-order valence-corrected chi connectivity index (χ3v) is 6.00. The molecular formula is C15H15N3O6S2. The van der Waals surface area contributed by atoms with Crippen LogP contribution in [0.25, 0.3) is 0 Å². The number of aliphatic carboxylic acids is 1. The van der Waals surface area contributed by atoms with Crippen LogP contribution in [-0.2, 0) is 25.5 Å². The summed E-state index contributed by atoms with van der Waals surface area (Å²) in [7, 11) is 1.16. The molecule has 0 saturated carbocycles. The predicted molar refractivity (Wildman–Crippen MR) is 93.2 cm³/mol. The van der Waals surface area contributed by atoms with Crippen molar-refractivity contribution in [1.82, 2.24) is 15.5 Å². The van der Waals surface area contributed by atoms with Crippen molar-refractivity contribution < 1.29 is 29.0 Å². The van der Waals surface area contributed by atoms with Gasteiger partial charge in [0.25, 0.3) is 5.91 Å². The largest absolute Gasteiger partial charge is 0.477 e. The van der Waals surface area contributed by atoms with Crippen LogP contribution in [0.2, 0.25) is 0 Å². The van der Waals surface area contributed by atoms with E-state index in [1.807, 2.05) is 17.5 Å². The minimum Gasteiger partial charge on any atom is -0.477 e. The van der Waals surface area contributed by atoms with E-state index in [-0.39, 0.29) is 29.5 Å². The van der Waals surface area contributed by atoms with Crippen molar-refractivity contribution in [3.05, 3.63) is 33.8 Å². The second-order valence-electron chi connectivity index (χ2n) is 5.46. The normalized spacial score (nSPS) is 21.6. The Bertz CT molecular complexity index is 791. The summed E-state index contributed by atoms with van der Waals surface area (Å²) in [4.78, 5) is 49.4. The van der Waals surface area contributed by atoms with Gasteiger partial charge in [-0.25, -0.2) is 9.59 Å². The summed E-state index contributed by atoms with van der Waals surface area (Å²) in [6.07, 6.45) is -0.651.